The molecule has 6 nitrogen and oxygen atoms in total. The number of carbonyl (C=O) groups is 1. The Morgan fingerprint density at radius 1 is 1.22 bits per heavy atom. The van der Waals surface area contributed by atoms with Crippen molar-refractivity contribution >= 4 is 19.1 Å². The van der Waals surface area contributed by atoms with E-state index in [9.17, 15) is 4.79 Å². The van der Waals surface area contributed by atoms with Crippen molar-refractivity contribution in [3.05, 3.63) is 29.0 Å². The molecule has 0 unspecified atom stereocenters. The van der Waals surface area contributed by atoms with Crippen LogP contribution in [-0.4, -0.2) is 41.0 Å². The van der Waals surface area contributed by atoms with E-state index in [-0.39, 0.29) is 5.91 Å². The second-order valence-electron chi connectivity index (χ2n) is 6.82. The van der Waals surface area contributed by atoms with Gasteiger partial charge in [0.15, 0.2) is 0 Å². The van der Waals surface area contributed by atoms with Gasteiger partial charge in [0.25, 0.3) is 0 Å². The second-order valence-corrected chi connectivity index (χ2v) is 6.82. The van der Waals surface area contributed by atoms with Gasteiger partial charge in [-0.1, -0.05) is 0 Å². The summed E-state index contributed by atoms with van der Waals surface area (Å²) in [5.74, 6) is -0.109. The lowest BCUT2D eigenvalue weighted by atomic mass is 9.77. The summed E-state index contributed by atoms with van der Waals surface area (Å²) in [6.45, 7) is 11.7. The summed E-state index contributed by atoms with van der Waals surface area (Å²) >= 11 is 0. The number of hydrogen-bond acceptors (Lipinski definition) is 5. The SMILES string of the molecule is CC(=O)NCC(=Cc1ccc(C)nn1)B1OC(C)(C)C(C)(C)O1. The fraction of sp³-hybridized carbons (Fsp3) is 0.562. The van der Waals surface area contributed by atoms with Crippen molar-refractivity contribution in [2.75, 3.05) is 6.54 Å². The zero-order valence-corrected chi connectivity index (χ0v) is 14.6. The molecule has 0 aliphatic carbocycles. The van der Waals surface area contributed by atoms with Crippen LogP contribution < -0.4 is 5.32 Å². The molecular weight excluding hydrogens is 293 g/mol. The average Bonchev–Trinajstić information content (AvgIpc) is 2.65. The maximum absolute atomic E-state index is 11.3. The highest BCUT2D eigenvalue weighted by Gasteiger charge is 2.52. The van der Waals surface area contributed by atoms with Gasteiger partial charge >= 0.3 is 7.12 Å². The topological polar surface area (TPSA) is 73.3 Å². The first-order valence-corrected chi connectivity index (χ1v) is 7.71. The molecule has 23 heavy (non-hydrogen) atoms. The molecule has 1 amide bonds. The van der Waals surface area contributed by atoms with E-state index in [0.717, 1.165) is 11.2 Å². The third kappa shape index (κ3) is 4.17. The third-order valence-corrected chi connectivity index (χ3v) is 4.25. The van der Waals surface area contributed by atoms with Crippen molar-refractivity contribution in [3.63, 3.8) is 0 Å². The predicted molar refractivity (Wildman–Crippen MR) is 89.5 cm³/mol. The molecule has 1 aliphatic heterocycles. The lowest BCUT2D eigenvalue weighted by Crippen LogP contribution is -2.41. The first-order valence-electron chi connectivity index (χ1n) is 7.71. The van der Waals surface area contributed by atoms with Crippen molar-refractivity contribution < 1.29 is 14.1 Å². The maximum atomic E-state index is 11.3. The van der Waals surface area contributed by atoms with E-state index in [1.165, 1.54) is 6.92 Å². The van der Waals surface area contributed by atoms with Crippen molar-refractivity contribution in [1.29, 1.82) is 0 Å². The quantitative estimate of drug-likeness (QED) is 0.859. The minimum absolute atomic E-state index is 0.109. The van der Waals surface area contributed by atoms with Gasteiger partial charge in [-0.15, -0.1) is 0 Å². The van der Waals surface area contributed by atoms with Crippen LogP contribution in [0.4, 0.5) is 0 Å². The van der Waals surface area contributed by atoms with E-state index in [1.54, 1.807) is 0 Å². The molecule has 0 spiro atoms. The average molecular weight is 317 g/mol. The molecule has 0 atom stereocenters. The number of hydrogen-bond donors (Lipinski definition) is 1. The number of nitrogens with zero attached hydrogens (tertiary/aromatic N) is 2. The Balaban J connectivity index is 2.28. The van der Waals surface area contributed by atoms with E-state index in [2.05, 4.69) is 15.5 Å². The van der Waals surface area contributed by atoms with Crippen LogP contribution in [0.5, 0.6) is 0 Å². The summed E-state index contributed by atoms with van der Waals surface area (Å²) in [5, 5.41) is 11.0. The summed E-state index contributed by atoms with van der Waals surface area (Å²) < 4.78 is 12.1. The fourth-order valence-corrected chi connectivity index (χ4v) is 2.10. The largest absolute Gasteiger partial charge is 0.492 e. The molecule has 0 radical (unpaired) electrons. The molecule has 7 heteroatoms. The number of aromatic nitrogens is 2. The van der Waals surface area contributed by atoms with Crippen LogP contribution in [0.1, 0.15) is 46.0 Å². The van der Waals surface area contributed by atoms with Gasteiger partial charge in [-0.25, -0.2) is 0 Å². The van der Waals surface area contributed by atoms with Crippen molar-refractivity contribution in [3.8, 4) is 0 Å². The zero-order valence-electron chi connectivity index (χ0n) is 14.6. The molecule has 2 heterocycles. The van der Waals surface area contributed by atoms with Crippen LogP contribution in [0.25, 0.3) is 6.08 Å². The van der Waals surface area contributed by atoms with E-state index in [1.807, 2.05) is 52.8 Å². The molecule has 1 fully saturated rings. The monoisotopic (exact) mass is 317 g/mol. The van der Waals surface area contributed by atoms with E-state index in [0.29, 0.717) is 12.2 Å². The third-order valence-electron chi connectivity index (χ3n) is 4.25. The van der Waals surface area contributed by atoms with Crippen molar-refractivity contribution in [1.82, 2.24) is 15.5 Å². The van der Waals surface area contributed by atoms with Crippen LogP contribution in [0.3, 0.4) is 0 Å². The fourth-order valence-electron chi connectivity index (χ4n) is 2.10. The summed E-state index contributed by atoms with van der Waals surface area (Å²) in [6.07, 6.45) is 1.85. The van der Waals surface area contributed by atoms with Gasteiger partial charge in [0.2, 0.25) is 5.91 Å². The summed E-state index contributed by atoms with van der Waals surface area (Å²) in [7, 11) is -0.532. The normalized spacial score (nSPS) is 19.7. The Morgan fingerprint density at radius 2 is 1.83 bits per heavy atom. The molecule has 1 aliphatic rings. The van der Waals surface area contributed by atoms with Gasteiger partial charge in [0, 0.05) is 13.5 Å². The highest BCUT2D eigenvalue weighted by molar-refractivity contribution is 6.56. The first kappa shape index (κ1) is 17.6. The first-order chi connectivity index (χ1) is 10.6. The number of carbonyl (C=O) groups excluding carboxylic acids is 1. The number of nitrogens with one attached hydrogen (secondary N) is 1. The molecule has 0 bridgehead atoms. The summed E-state index contributed by atoms with van der Waals surface area (Å²) in [4.78, 5) is 11.3. The highest BCUT2D eigenvalue weighted by atomic mass is 16.7. The maximum Gasteiger partial charge on any atom is 0.492 e. The zero-order chi connectivity index (χ0) is 17.3. The molecule has 2 rings (SSSR count). The molecule has 0 saturated carbocycles. The van der Waals surface area contributed by atoms with E-state index >= 15 is 0 Å². The second kappa shape index (κ2) is 6.41. The van der Waals surface area contributed by atoms with E-state index < -0.39 is 18.3 Å². The van der Waals surface area contributed by atoms with Crippen LogP contribution in [0, 0.1) is 6.92 Å². The van der Waals surface area contributed by atoms with Gasteiger partial charge in [-0.05, 0) is 58.3 Å². The van der Waals surface area contributed by atoms with E-state index in [4.69, 9.17) is 9.31 Å². The van der Waals surface area contributed by atoms with Crippen molar-refractivity contribution in [2.24, 2.45) is 0 Å². The minimum Gasteiger partial charge on any atom is -0.400 e. The van der Waals surface area contributed by atoms with Gasteiger partial charge < -0.3 is 14.6 Å². The molecule has 1 saturated heterocycles. The molecule has 1 N–H and O–H groups in total. The molecular formula is C16H24BN3O3. The molecule has 124 valence electrons. The van der Waals surface area contributed by atoms with Crippen molar-refractivity contribution in [2.45, 2.75) is 52.7 Å². The lowest BCUT2D eigenvalue weighted by Gasteiger charge is -2.32. The molecule has 0 aromatic carbocycles. The van der Waals surface area contributed by atoms with Gasteiger partial charge in [0.1, 0.15) is 0 Å². The van der Waals surface area contributed by atoms with Gasteiger partial charge in [-0.2, -0.15) is 10.2 Å². The number of aryl methyl sites for hydroxylation is 1. The van der Waals surface area contributed by atoms with Gasteiger partial charge in [0.05, 0.1) is 22.6 Å². The standard InChI is InChI=1S/C16H24BN3O3/c1-11-7-8-14(20-19-11)9-13(10-18-12(2)21)17-22-15(3,4)16(5,6)23-17/h7-9H,10H2,1-6H3,(H,18,21). The highest BCUT2D eigenvalue weighted by Crippen LogP contribution is 2.38. The van der Waals surface area contributed by atoms with Crippen LogP contribution in [-0.2, 0) is 14.1 Å². The Kier molecular flexibility index (Phi) is 4.91. The van der Waals surface area contributed by atoms with Crippen LogP contribution in [0.2, 0.25) is 0 Å². The lowest BCUT2D eigenvalue weighted by molar-refractivity contribution is -0.118. The summed E-state index contributed by atoms with van der Waals surface area (Å²) in [5.41, 5.74) is 1.47. The minimum atomic E-state index is -0.532. The molecule has 1 aromatic heterocycles. The number of amides is 1. The van der Waals surface area contributed by atoms with Crippen LogP contribution >= 0.6 is 0 Å². The Labute approximate surface area is 137 Å². The van der Waals surface area contributed by atoms with Gasteiger partial charge in [-0.3, -0.25) is 4.79 Å². The Bertz CT molecular complexity index is 596. The number of rotatable bonds is 4. The smallest absolute Gasteiger partial charge is 0.400 e. The Hall–Kier alpha value is -1.73. The molecule has 1 aromatic rings. The Morgan fingerprint density at radius 3 is 2.30 bits per heavy atom. The predicted octanol–water partition coefficient (Wildman–Crippen LogP) is 1.94. The summed E-state index contributed by atoms with van der Waals surface area (Å²) in [6, 6.07) is 3.76. The van der Waals surface area contributed by atoms with Crippen LogP contribution in [0.15, 0.2) is 17.6 Å².